The van der Waals surface area contributed by atoms with Crippen molar-refractivity contribution in [2.75, 3.05) is 45.9 Å². The van der Waals surface area contributed by atoms with Crippen molar-refractivity contribution in [1.82, 2.24) is 20.0 Å². The smallest absolute Gasteiger partial charge is 0.294 e. The number of piperazine rings is 1. The van der Waals surface area contributed by atoms with Crippen molar-refractivity contribution in [1.29, 1.82) is 0 Å². The highest BCUT2D eigenvalue weighted by molar-refractivity contribution is 7.13. The third-order valence-corrected chi connectivity index (χ3v) is 3.78. The van der Waals surface area contributed by atoms with Crippen LogP contribution in [0.4, 0.5) is 0 Å². The monoisotopic (exact) mass is 272 g/mol. The van der Waals surface area contributed by atoms with E-state index < -0.39 is 0 Å². The first kappa shape index (κ1) is 13.7. The van der Waals surface area contributed by atoms with Gasteiger partial charge in [0.05, 0.1) is 19.8 Å². The van der Waals surface area contributed by atoms with Crippen LogP contribution in [0, 0.1) is 0 Å². The Kier molecular flexibility index (Phi) is 5.30. The number of nitrogens with zero attached hydrogens (tertiary/aromatic N) is 4. The predicted molar refractivity (Wildman–Crippen MR) is 69.9 cm³/mol. The molecule has 0 aliphatic carbocycles. The van der Waals surface area contributed by atoms with Gasteiger partial charge in [-0.1, -0.05) is 11.3 Å². The maximum absolute atomic E-state index is 8.89. The lowest BCUT2D eigenvalue weighted by Gasteiger charge is -2.33. The second-order valence-electron chi connectivity index (χ2n) is 4.24. The zero-order chi connectivity index (χ0) is 12.8. The third-order valence-electron chi connectivity index (χ3n) is 2.96. The van der Waals surface area contributed by atoms with E-state index in [1.807, 2.05) is 6.92 Å². The quantitative estimate of drug-likeness (QED) is 0.789. The lowest BCUT2D eigenvalue weighted by atomic mass is 10.3. The van der Waals surface area contributed by atoms with E-state index in [9.17, 15) is 0 Å². The number of hydrogen-bond acceptors (Lipinski definition) is 7. The molecule has 0 saturated carbocycles. The summed E-state index contributed by atoms with van der Waals surface area (Å²) < 4.78 is 5.32. The molecule has 1 aliphatic rings. The second kappa shape index (κ2) is 6.98. The van der Waals surface area contributed by atoms with Crippen molar-refractivity contribution >= 4 is 11.3 Å². The number of hydrogen-bond donors (Lipinski definition) is 1. The van der Waals surface area contributed by atoms with E-state index >= 15 is 0 Å². The van der Waals surface area contributed by atoms with Gasteiger partial charge in [0.2, 0.25) is 0 Å². The molecular weight excluding hydrogens is 252 g/mol. The number of aliphatic hydroxyl groups excluding tert-OH is 1. The molecule has 0 spiro atoms. The van der Waals surface area contributed by atoms with Crippen LogP contribution in [0.5, 0.6) is 5.19 Å². The van der Waals surface area contributed by atoms with Crippen molar-refractivity contribution in [3.05, 3.63) is 5.01 Å². The molecule has 7 heteroatoms. The highest BCUT2D eigenvalue weighted by Gasteiger charge is 2.17. The van der Waals surface area contributed by atoms with Gasteiger partial charge in [-0.2, -0.15) is 0 Å². The van der Waals surface area contributed by atoms with Crippen LogP contribution in [-0.2, 0) is 6.54 Å². The SMILES string of the molecule is CCOc1nnc(CN2CCN(CCO)CC2)s1. The molecule has 18 heavy (non-hydrogen) atoms. The Morgan fingerprint density at radius 1 is 1.22 bits per heavy atom. The van der Waals surface area contributed by atoms with Crippen molar-refractivity contribution in [2.45, 2.75) is 13.5 Å². The van der Waals surface area contributed by atoms with Crippen molar-refractivity contribution in [3.63, 3.8) is 0 Å². The molecule has 0 aromatic carbocycles. The zero-order valence-electron chi connectivity index (χ0n) is 10.7. The molecule has 1 fully saturated rings. The summed E-state index contributed by atoms with van der Waals surface area (Å²) in [6.45, 7) is 8.51. The van der Waals surface area contributed by atoms with E-state index in [-0.39, 0.29) is 6.61 Å². The summed E-state index contributed by atoms with van der Waals surface area (Å²) in [7, 11) is 0. The summed E-state index contributed by atoms with van der Waals surface area (Å²) in [5.74, 6) is 0. The van der Waals surface area contributed by atoms with Gasteiger partial charge >= 0.3 is 0 Å². The van der Waals surface area contributed by atoms with Gasteiger partial charge in [0.15, 0.2) is 0 Å². The molecule has 1 aromatic heterocycles. The Morgan fingerprint density at radius 3 is 2.61 bits per heavy atom. The van der Waals surface area contributed by atoms with Crippen LogP contribution in [0.2, 0.25) is 0 Å². The van der Waals surface area contributed by atoms with E-state index in [0.29, 0.717) is 11.8 Å². The minimum atomic E-state index is 0.244. The van der Waals surface area contributed by atoms with Crippen LogP contribution in [-0.4, -0.2) is 71.0 Å². The van der Waals surface area contributed by atoms with E-state index in [2.05, 4.69) is 20.0 Å². The average Bonchev–Trinajstić information content (AvgIpc) is 2.80. The standard InChI is InChI=1S/C11H20N4O2S/c1-2-17-11-13-12-10(18-11)9-15-5-3-14(4-6-15)7-8-16/h16H,2-9H2,1H3. The van der Waals surface area contributed by atoms with Gasteiger partial charge in [-0.3, -0.25) is 9.80 Å². The first-order valence-electron chi connectivity index (χ1n) is 6.32. The van der Waals surface area contributed by atoms with Gasteiger partial charge in [-0.15, -0.1) is 10.2 Å². The molecule has 0 bridgehead atoms. The molecule has 0 atom stereocenters. The Balaban J connectivity index is 1.76. The number of rotatable bonds is 6. The van der Waals surface area contributed by atoms with Crippen LogP contribution in [0.1, 0.15) is 11.9 Å². The fourth-order valence-corrected chi connectivity index (χ4v) is 2.78. The Hall–Kier alpha value is -0.760. The Bertz CT molecular complexity index is 353. The first-order valence-corrected chi connectivity index (χ1v) is 7.14. The number of aromatic nitrogens is 2. The van der Waals surface area contributed by atoms with Gasteiger partial charge in [-0.05, 0) is 6.92 Å². The van der Waals surface area contributed by atoms with E-state index in [0.717, 1.165) is 44.3 Å². The minimum absolute atomic E-state index is 0.244. The van der Waals surface area contributed by atoms with Crippen LogP contribution < -0.4 is 4.74 Å². The molecule has 1 N–H and O–H groups in total. The summed E-state index contributed by atoms with van der Waals surface area (Å²) in [5.41, 5.74) is 0. The topological polar surface area (TPSA) is 61.7 Å². The normalized spacial score (nSPS) is 18.1. The van der Waals surface area contributed by atoms with E-state index in [1.165, 1.54) is 11.3 Å². The van der Waals surface area contributed by atoms with E-state index in [1.54, 1.807) is 0 Å². The molecule has 2 rings (SSSR count). The summed E-state index contributed by atoms with van der Waals surface area (Å²) in [5, 5.41) is 18.7. The fourth-order valence-electron chi connectivity index (χ4n) is 1.99. The summed E-state index contributed by atoms with van der Waals surface area (Å²) >= 11 is 1.52. The van der Waals surface area contributed by atoms with Gasteiger partial charge in [0, 0.05) is 32.7 Å². The molecule has 0 amide bonds. The molecule has 1 aliphatic heterocycles. The molecule has 0 radical (unpaired) electrons. The largest absolute Gasteiger partial charge is 0.469 e. The molecule has 6 nitrogen and oxygen atoms in total. The van der Waals surface area contributed by atoms with Crippen molar-refractivity contribution in [3.8, 4) is 5.19 Å². The Morgan fingerprint density at radius 2 is 1.94 bits per heavy atom. The van der Waals surface area contributed by atoms with Gasteiger partial charge in [0.25, 0.3) is 5.19 Å². The van der Waals surface area contributed by atoms with Gasteiger partial charge in [-0.25, -0.2) is 0 Å². The van der Waals surface area contributed by atoms with Crippen LogP contribution in [0.25, 0.3) is 0 Å². The van der Waals surface area contributed by atoms with Gasteiger partial charge in [0.1, 0.15) is 5.01 Å². The van der Waals surface area contributed by atoms with Crippen LogP contribution in [0.3, 0.4) is 0 Å². The second-order valence-corrected chi connectivity index (χ2v) is 5.26. The average molecular weight is 272 g/mol. The highest BCUT2D eigenvalue weighted by atomic mass is 32.1. The number of aliphatic hydroxyl groups is 1. The highest BCUT2D eigenvalue weighted by Crippen LogP contribution is 2.19. The van der Waals surface area contributed by atoms with E-state index in [4.69, 9.17) is 9.84 Å². The molecule has 0 unspecified atom stereocenters. The van der Waals surface area contributed by atoms with Crippen LogP contribution >= 0.6 is 11.3 Å². The van der Waals surface area contributed by atoms with Gasteiger partial charge < -0.3 is 9.84 Å². The summed E-state index contributed by atoms with van der Waals surface area (Å²) in [4.78, 5) is 4.65. The molecule has 102 valence electrons. The zero-order valence-corrected chi connectivity index (χ0v) is 11.5. The maximum atomic E-state index is 8.89. The molecular formula is C11H20N4O2S. The first-order chi connectivity index (χ1) is 8.81. The summed E-state index contributed by atoms with van der Waals surface area (Å²) in [6, 6.07) is 0. The molecule has 2 heterocycles. The van der Waals surface area contributed by atoms with Crippen molar-refractivity contribution in [2.24, 2.45) is 0 Å². The summed E-state index contributed by atoms with van der Waals surface area (Å²) in [6.07, 6.45) is 0. The maximum Gasteiger partial charge on any atom is 0.294 e. The third kappa shape index (κ3) is 3.88. The molecule has 1 aromatic rings. The fraction of sp³-hybridized carbons (Fsp3) is 0.818. The number of ether oxygens (including phenoxy) is 1. The lowest BCUT2D eigenvalue weighted by molar-refractivity contribution is 0.108. The Labute approximate surface area is 111 Å². The van der Waals surface area contributed by atoms with Crippen LogP contribution in [0.15, 0.2) is 0 Å². The minimum Gasteiger partial charge on any atom is -0.469 e. The lowest BCUT2D eigenvalue weighted by Crippen LogP contribution is -2.46. The predicted octanol–water partition coefficient (Wildman–Crippen LogP) is 0.0467. The van der Waals surface area contributed by atoms with Crippen molar-refractivity contribution < 1.29 is 9.84 Å². The number of β-amino-alcohol motifs (C(OH)–C–C–N with tert-alkyl or cyclic N) is 1. The molecule has 1 saturated heterocycles.